The largest absolute Gasteiger partial charge is 0.390 e. The number of benzene rings is 2. The molecule has 2 aromatic rings. The van der Waals surface area contributed by atoms with Gasteiger partial charge in [-0.1, -0.05) is 53.6 Å². The lowest BCUT2D eigenvalue weighted by molar-refractivity contribution is 0.0111. The van der Waals surface area contributed by atoms with Crippen LogP contribution in [0.4, 0.5) is 0 Å². The Morgan fingerprint density at radius 1 is 0.957 bits per heavy atom. The van der Waals surface area contributed by atoms with E-state index in [9.17, 15) is 10.2 Å². The highest BCUT2D eigenvalue weighted by Gasteiger charge is 2.32. The summed E-state index contributed by atoms with van der Waals surface area (Å²) in [6, 6.07) is 15.2. The van der Waals surface area contributed by atoms with Crippen molar-refractivity contribution in [1.29, 1.82) is 0 Å². The van der Waals surface area contributed by atoms with Gasteiger partial charge in [0, 0.05) is 6.04 Å². The lowest BCUT2D eigenvalue weighted by Crippen LogP contribution is -2.44. The maximum Gasteiger partial charge on any atom is 0.0839 e. The van der Waals surface area contributed by atoms with Crippen LogP contribution in [0.2, 0.25) is 0 Å². The van der Waals surface area contributed by atoms with Gasteiger partial charge in [-0.3, -0.25) is 0 Å². The van der Waals surface area contributed by atoms with Gasteiger partial charge in [0.2, 0.25) is 0 Å². The fourth-order valence-corrected chi connectivity index (χ4v) is 4.08. The second-order valence-corrected chi connectivity index (χ2v) is 6.77. The van der Waals surface area contributed by atoms with Gasteiger partial charge in [0.25, 0.3) is 0 Å². The summed E-state index contributed by atoms with van der Waals surface area (Å²) in [6.45, 7) is 0.955. The zero-order valence-corrected chi connectivity index (χ0v) is 13.2. The molecule has 0 amide bonds. The SMILES string of the molecule is O[C@H]1CC2=C(C[C@@H]1O)[C@H](Cc1cccc3ccccc13)NCC2. The standard InChI is InChI=1S/C20H23NO2/c22-19-11-15-8-9-21-18(17(15)12-20(19)23)10-14-6-3-5-13-4-1-2-7-16(13)14/h1-7,18-23H,8-12H2/t18-,19-,20-/m0/s1. The molecule has 0 bridgehead atoms. The molecule has 3 N–H and O–H groups in total. The molecule has 0 unspecified atom stereocenters. The lowest BCUT2D eigenvalue weighted by Gasteiger charge is -2.37. The van der Waals surface area contributed by atoms with Crippen LogP contribution in [0, 0.1) is 0 Å². The Labute approximate surface area is 136 Å². The molecule has 0 saturated carbocycles. The number of fused-ring (bicyclic) bond motifs is 1. The first kappa shape index (κ1) is 14.9. The van der Waals surface area contributed by atoms with Crippen molar-refractivity contribution in [3.63, 3.8) is 0 Å². The van der Waals surface area contributed by atoms with E-state index < -0.39 is 12.2 Å². The highest BCUT2D eigenvalue weighted by atomic mass is 16.3. The summed E-state index contributed by atoms with van der Waals surface area (Å²) in [4.78, 5) is 0. The second-order valence-electron chi connectivity index (χ2n) is 6.77. The van der Waals surface area contributed by atoms with Crippen LogP contribution in [0.5, 0.6) is 0 Å². The van der Waals surface area contributed by atoms with Gasteiger partial charge in [0.1, 0.15) is 0 Å². The van der Waals surface area contributed by atoms with Gasteiger partial charge in [-0.05, 0) is 48.6 Å². The Bertz CT molecular complexity index is 747. The van der Waals surface area contributed by atoms with E-state index in [1.807, 2.05) is 0 Å². The molecule has 0 fully saturated rings. The number of hydrogen-bond donors (Lipinski definition) is 3. The number of aliphatic hydroxyl groups excluding tert-OH is 2. The van der Waals surface area contributed by atoms with Gasteiger partial charge in [-0.2, -0.15) is 0 Å². The van der Waals surface area contributed by atoms with Gasteiger partial charge in [0.05, 0.1) is 12.2 Å². The number of nitrogens with one attached hydrogen (secondary N) is 1. The van der Waals surface area contributed by atoms with Crippen LogP contribution in [0.15, 0.2) is 53.6 Å². The molecule has 1 aliphatic carbocycles. The summed E-state index contributed by atoms with van der Waals surface area (Å²) < 4.78 is 0. The van der Waals surface area contributed by atoms with Crippen LogP contribution < -0.4 is 5.32 Å². The third kappa shape index (κ3) is 2.80. The average molecular weight is 309 g/mol. The summed E-state index contributed by atoms with van der Waals surface area (Å²) in [5.74, 6) is 0. The predicted octanol–water partition coefficient (Wildman–Crippen LogP) is 2.56. The van der Waals surface area contributed by atoms with Crippen molar-refractivity contribution in [2.24, 2.45) is 0 Å². The van der Waals surface area contributed by atoms with E-state index in [2.05, 4.69) is 47.8 Å². The molecule has 2 aromatic carbocycles. The molecule has 0 spiro atoms. The molecule has 1 aliphatic heterocycles. The van der Waals surface area contributed by atoms with E-state index in [1.54, 1.807) is 0 Å². The Balaban J connectivity index is 1.66. The van der Waals surface area contributed by atoms with Crippen LogP contribution >= 0.6 is 0 Å². The van der Waals surface area contributed by atoms with Crippen LogP contribution in [0.25, 0.3) is 10.8 Å². The summed E-state index contributed by atoms with van der Waals surface area (Å²) in [5.41, 5.74) is 4.02. The first-order valence-electron chi connectivity index (χ1n) is 8.49. The molecular formula is C20H23NO2. The lowest BCUT2D eigenvalue weighted by atomic mass is 9.79. The molecule has 2 aliphatic rings. The van der Waals surface area contributed by atoms with E-state index in [4.69, 9.17) is 0 Å². The first-order valence-corrected chi connectivity index (χ1v) is 8.49. The smallest absolute Gasteiger partial charge is 0.0839 e. The van der Waals surface area contributed by atoms with Crippen LogP contribution in [-0.2, 0) is 6.42 Å². The molecule has 3 atom stereocenters. The van der Waals surface area contributed by atoms with Crippen molar-refractivity contribution >= 4 is 10.8 Å². The third-order valence-corrected chi connectivity index (χ3v) is 5.32. The molecule has 4 rings (SSSR count). The van der Waals surface area contributed by atoms with Crippen LogP contribution in [-0.4, -0.2) is 35.0 Å². The van der Waals surface area contributed by atoms with E-state index >= 15 is 0 Å². The van der Waals surface area contributed by atoms with E-state index in [0.717, 1.165) is 19.4 Å². The van der Waals surface area contributed by atoms with Gasteiger partial charge in [-0.25, -0.2) is 0 Å². The van der Waals surface area contributed by atoms with Crippen molar-refractivity contribution in [2.75, 3.05) is 6.54 Å². The number of hydrogen-bond acceptors (Lipinski definition) is 3. The molecule has 0 aromatic heterocycles. The highest BCUT2D eigenvalue weighted by Crippen LogP contribution is 2.34. The monoisotopic (exact) mass is 309 g/mol. The topological polar surface area (TPSA) is 52.5 Å². The maximum absolute atomic E-state index is 10.1. The Hall–Kier alpha value is -1.68. The Kier molecular flexibility index (Phi) is 3.93. The Morgan fingerprint density at radius 3 is 2.65 bits per heavy atom. The quantitative estimate of drug-likeness (QED) is 0.747. The molecule has 0 saturated heterocycles. The van der Waals surface area contributed by atoms with E-state index in [-0.39, 0.29) is 6.04 Å². The van der Waals surface area contributed by atoms with E-state index in [1.165, 1.54) is 27.5 Å². The third-order valence-electron chi connectivity index (χ3n) is 5.32. The second kappa shape index (κ2) is 6.08. The van der Waals surface area contributed by atoms with Gasteiger partial charge in [0.15, 0.2) is 0 Å². The van der Waals surface area contributed by atoms with Gasteiger partial charge < -0.3 is 15.5 Å². The molecular weight excluding hydrogens is 286 g/mol. The average Bonchev–Trinajstić information content (AvgIpc) is 2.57. The van der Waals surface area contributed by atoms with Crippen molar-refractivity contribution < 1.29 is 10.2 Å². The number of aliphatic hydroxyl groups is 2. The summed E-state index contributed by atoms with van der Waals surface area (Å²) in [7, 11) is 0. The van der Waals surface area contributed by atoms with Gasteiger partial charge in [-0.15, -0.1) is 0 Å². The van der Waals surface area contributed by atoms with E-state index in [0.29, 0.717) is 12.8 Å². The highest BCUT2D eigenvalue weighted by molar-refractivity contribution is 5.85. The molecule has 3 heteroatoms. The number of rotatable bonds is 2. The zero-order chi connectivity index (χ0) is 15.8. The zero-order valence-electron chi connectivity index (χ0n) is 13.2. The minimum absolute atomic E-state index is 0.270. The van der Waals surface area contributed by atoms with Crippen molar-refractivity contribution in [2.45, 2.75) is 43.9 Å². The fourth-order valence-electron chi connectivity index (χ4n) is 4.08. The van der Waals surface area contributed by atoms with Crippen LogP contribution in [0.1, 0.15) is 24.8 Å². The van der Waals surface area contributed by atoms with Crippen molar-refractivity contribution in [1.82, 2.24) is 5.32 Å². The molecule has 0 radical (unpaired) electrons. The summed E-state index contributed by atoms with van der Waals surface area (Å²) >= 11 is 0. The normalized spacial score (nSPS) is 28.0. The van der Waals surface area contributed by atoms with Crippen molar-refractivity contribution in [3.8, 4) is 0 Å². The Morgan fingerprint density at radius 2 is 1.74 bits per heavy atom. The predicted molar refractivity (Wildman–Crippen MR) is 92.3 cm³/mol. The summed E-state index contributed by atoms with van der Waals surface area (Å²) in [5, 5.41) is 26.2. The summed E-state index contributed by atoms with van der Waals surface area (Å²) in [6.07, 6.45) is 1.94. The van der Waals surface area contributed by atoms with Gasteiger partial charge >= 0.3 is 0 Å². The van der Waals surface area contributed by atoms with Crippen LogP contribution in [0.3, 0.4) is 0 Å². The minimum atomic E-state index is -0.622. The van der Waals surface area contributed by atoms with Crippen molar-refractivity contribution in [3.05, 3.63) is 59.2 Å². The maximum atomic E-state index is 10.1. The molecule has 120 valence electrons. The first-order chi connectivity index (χ1) is 11.2. The molecule has 3 nitrogen and oxygen atoms in total. The fraction of sp³-hybridized carbons (Fsp3) is 0.400. The molecule has 23 heavy (non-hydrogen) atoms. The minimum Gasteiger partial charge on any atom is -0.390 e. The molecule has 1 heterocycles.